The molecule has 188 valence electrons. The predicted octanol–water partition coefficient (Wildman–Crippen LogP) is 2.71. The zero-order valence-corrected chi connectivity index (χ0v) is 20.5. The van der Waals surface area contributed by atoms with E-state index in [1.165, 1.54) is 0 Å². The number of hydrogen-bond acceptors (Lipinski definition) is 6. The van der Waals surface area contributed by atoms with Gasteiger partial charge in [-0.3, -0.25) is 4.72 Å². The van der Waals surface area contributed by atoms with E-state index in [4.69, 9.17) is 9.90 Å². The molecule has 0 bridgehead atoms. The molecule has 8 nitrogen and oxygen atoms in total. The second kappa shape index (κ2) is 9.98. The highest BCUT2D eigenvalue weighted by molar-refractivity contribution is 7.92. The van der Waals surface area contributed by atoms with Gasteiger partial charge in [0.2, 0.25) is 10.0 Å². The molecule has 33 heavy (non-hydrogen) atoms. The topological polar surface area (TPSA) is 131 Å². The number of halogens is 3. The van der Waals surface area contributed by atoms with Crippen LogP contribution in [0.3, 0.4) is 0 Å². The monoisotopic (exact) mass is 513 g/mol. The van der Waals surface area contributed by atoms with Crippen molar-refractivity contribution in [2.75, 3.05) is 24.1 Å². The first kappa shape index (κ1) is 27.7. The highest BCUT2D eigenvalue weighted by Gasteiger charge is 2.49. The molecule has 1 aliphatic heterocycles. The summed E-state index contributed by atoms with van der Waals surface area (Å²) in [7, 11) is -3.30. The molecule has 0 radical (unpaired) electrons. The fourth-order valence-electron chi connectivity index (χ4n) is 3.99. The molecule has 0 saturated carbocycles. The van der Waals surface area contributed by atoms with Crippen LogP contribution in [0.1, 0.15) is 50.8 Å². The highest BCUT2D eigenvalue weighted by Crippen LogP contribution is 2.52. The molecule has 0 amide bonds. The van der Waals surface area contributed by atoms with Crippen molar-refractivity contribution in [3.63, 3.8) is 0 Å². The van der Waals surface area contributed by atoms with Crippen molar-refractivity contribution in [3.05, 3.63) is 29.3 Å². The number of anilines is 1. The van der Waals surface area contributed by atoms with Gasteiger partial charge in [-0.05, 0) is 76.4 Å². The number of fused-ring (bicyclic) bond motifs is 1. The third-order valence-electron chi connectivity index (χ3n) is 5.54. The molecule has 3 rings (SSSR count). The summed E-state index contributed by atoms with van der Waals surface area (Å²) in [5.74, 6) is -2.76. The molecule has 1 aromatic rings. The lowest BCUT2D eigenvalue weighted by molar-refractivity contribution is -0.192. The van der Waals surface area contributed by atoms with Crippen LogP contribution in [-0.2, 0) is 32.6 Å². The number of aliphatic carboxylic acids is 1. The lowest BCUT2D eigenvalue weighted by Gasteiger charge is -2.40. The maximum atomic E-state index is 12.8. The van der Waals surface area contributed by atoms with Gasteiger partial charge in [-0.2, -0.15) is 13.2 Å². The van der Waals surface area contributed by atoms with E-state index in [9.17, 15) is 26.1 Å². The number of benzene rings is 1. The van der Waals surface area contributed by atoms with Crippen LogP contribution < -0.4 is 14.8 Å². The molecular weight excluding hydrogens is 483 g/mol. The molecule has 0 aromatic heterocycles. The number of piperidine rings is 1. The predicted molar refractivity (Wildman–Crippen MR) is 121 cm³/mol. The quantitative estimate of drug-likeness (QED) is 0.456. The third kappa shape index (κ3) is 7.47. The summed E-state index contributed by atoms with van der Waals surface area (Å²) in [6, 6.07) is 5.74. The Morgan fingerprint density at radius 1 is 1.24 bits per heavy atom. The molecule has 1 unspecified atom stereocenters. The Hall–Kier alpha value is -1.54. The molecule has 2 aliphatic rings. The van der Waals surface area contributed by atoms with Crippen LogP contribution in [0.4, 0.5) is 18.9 Å². The lowest BCUT2D eigenvalue weighted by atomic mass is 9.73. The first-order valence-electron chi connectivity index (χ1n) is 10.2. The zero-order valence-electron chi connectivity index (χ0n) is 18.9. The molecule has 2 atom stereocenters. The van der Waals surface area contributed by atoms with Crippen LogP contribution in [-0.4, -0.2) is 54.3 Å². The molecule has 1 aliphatic carbocycles. The van der Waals surface area contributed by atoms with Crippen molar-refractivity contribution >= 4 is 33.0 Å². The van der Waals surface area contributed by atoms with E-state index in [2.05, 4.69) is 14.8 Å². The van der Waals surface area contributed by atoms with Crippen molar-refractivity contribution in [2.24, 2.45) is 5.41 Å². The minimum atomic E-state index is -5.08. The minimum Gasteiger partial charge on any atom is -0.598 e. The molecule has 13 heteroatoms. The van der Waals surface area contributed by atoms with Gasteiger partial charge in [0.05, 0.1) is 12.3 Å². The second-order valence-corrected chi connectivity index (χ2v) is 13.1. The Balaban J connectivity index is 0.000000479. The van der Waals surface area contributed by atoms with E-state index >= 15 is 0 Å². The average Bonchev–Trinajstić information content (AvgIpc) is 2.92. The van der Waals surface area contributed by atoms with Crippen molar-refractivity contribution in [2.45, 2.75) is 57.0 Å². The van der Waals surface area contributed by atoms with Crippen LogP contribution in [0.25, 0.3) is 0 Å². The van der Waals surface area contributed by atoms with Gasteiger partial charge in [0.15, 0.2) is 0 Å². The number of alkyl halides is 3. The van der Waals surface area contributed by atoms with Crippen LogP contribution in [0.2, 0.25) is 0 Å². The molecule has 1 aromatic carbocycles. The Morgan fingerprint density at radius 2 is 1.79 bits per heavy atom. The van der Waals surface area contributed by atoms with Crippen LogP contribution in [0.15, 0.2) is 18.2 Å². The van der Waals surface area contributed by atoms with E-state index in [0.29, 0.717) is 5.69 Å². The summed E-state index contributed by atoms with van der Waals surface area (Å²) in [5, 5.41) is 10.5. The number of carboxylic acids is 1. The summed E-state index contributed by atoms with van der Waals surface area (Å²) in [6.07, 6.45) is -1.03. The Kier molecular flexibility index (Phi) is 8.38. The standard InChI is InChI=1S/C18H29N3O3S2.C2HF3O2/c1-17(2,3)25(22)20-16-15-6-5-14(21-26(4,23)24)11-13(15)12-18(16)7-9-19-10-8-18;3-2(4,5)1(6)7/h5-6,11,16,19-21H,7-10,12H2,1-4H3;(H,6,7)/t16-,25?;/m1./s1. The minimum absolute atomic E-state index is 0.0203. The van der Waals surface area contributed by atoms with E-state index in [1.54, 1.807) is 6.07 Å². The molecule has 4 N–H and O–H groups in total. The van der Waals surface area contributed by atoms with Gasteiger partial charge in [-0.15, -0.1) is 4.72 Å². The Morgan fingerprint density at radius 3 is 2.24 bits per heavy atom. The number of sulfonamides is 1. The van der Waals surface area contributed by atoms with E-state index < -0.39 is 33.5 Å². The smallest absolute Gasteiger partial charge is 0.490 e. The molecular formula is C20H30F3N3O5S2. The van der Waals surface area contributed by atoms with Gasteiger partial charge in [0.25, 0.3) is 0 Å². The SMILES string of the molecule is CC(C)(C)[S+]([O-])N[C@@H]1c2ccc(NS(C)(=O)=O)cc2CC12CCNCC2.O=C(O)C(F)(F)F. The molecule has 1 fully saturated rings. The second-order valence-electron chi connectivity index (χ2n) is 9.31. The highest BCUT2D eigenvalue weighted by atomic mass is 32.2. The van der Waals surface area contributed by atoms with Crippen molar-refractivity contribution < 1.29 is 36.0 Å². The van der Waals surface area contributed by atoms with Gasteiger partial charge in [0.1, 0.15) is 4.75 Å². The van der Waals surface area contributed by atoms with Crippen LogP contribution >= 0.6 is 0 Å². The van der Waals surface area contributed by atoms with E-state index in [-0.39, 0.29) is 16.2 Å². The maximum absolute atomic E-state index is 12.8. The molecule has 1 spiro atoms. The van der Waals surface area contributed by atoms with Gasteiger partial charge >= 0.3 is 12.1 Å². The number of rotatable bonds is 4. The normalized spacial score (nSPS) is 21.0. The van der Waals surface area contributed by atoms with Crippen LogP contribution in [0.5, 0.6) is 0 Å². The molecule has 1 saturated heterocycles. The summed E-state index contributed by atoms with van der Waals surface area (Å²) in [4.78, 5) is 8.90. The van der Waals surface area contributed by atoms with Crippen molar-refractivity contribution in [1.82, 2.24) is 10.0 Å². The number of carboxylic acid groups (broad SMARTS) is 1. The number of nitrogens with one attached hydrogen (secondary N) is 3. The Bertz CT molecular complexity index is 959. The summed E-state index contributed by atoms with van der Waals surface area (Å²) in [6.45, 7) is 7.81. The fourth-order valence-corrected chi connectivity index (χ4v) is 5.49. The van der Waals surface area contributed by atoms with Gasteiger partial charge in [0, 0.05) is 22.5 Å². The number of carbonyl (C=O) groups is 1. The third-order valence-corrected chi connectivity index (χ3v) is 7.70. The molecule has 1 heterocycles. The average molecular weight is 514 g/mol. The fraction of sp³-hybridized carbons (Fsp3) is 0.650. The van der Waals surface area contributed by atoms with Crippen molar-refractivity contribution in [1.29, 1.82) is 0 Å². The maximum Gasteiger partial charge on any atom is 0.490 e. The van der Waals surface area contributed by atoms with Crippen molar-refractivity contribution in [3.8, 4) is 0 Å². The first-order valence-corrected chi connectivity index (χ1v) is 13.3. The van der Waals surface area contributed by atoms with Gasteiger partial charge in [-0.1, -0.05) is 6.07 Å². The first-order chi connectivity index (χ1) is 14.9. The lowest BCUT2D eigenvalue weighted by Crippen LogP contribution is -2.48. The number of hydrogen-bond donors (Lipinski definition) is 4. The van der Waals surface area contributed by atoms with E-state index in [0.717, 1.165) is 49.7 Å². The Labute approximate surface area is 195 Å². The van der Waals surface area contributed by atoms with Gasteiger partial charge in [-0.25, -0.2) is 13.2 Å². The van der Waals surface area contributed by atoms with Crippen LogP contribution in [0, 0.1) is 5.41 Å². The largest absolute Gasteiger partial charge is 0.598 e. The summed E-state index contributed by atoms with van der Waals surface area (Å²) in [5.41, 5.74) is 2.90. The summed E-state index contributed by atoms with van der Waals surface area (Å²) < 4.78 is 73.3. The van der Waals surface area contributed by atoms with E-state index in [1.807, 2.05) is 32.9 Å². The zero-order chi connectivity index (χ0) is 25.2. The summed E-state index contributed by atoms with van der Waals surface area (Å²) >= 11 is -1.17. The van der Waals surface area contributed by atoms with Gasteiger partial charge < -0.3 is 15.0 Å².